The third kappa shape index (κ3) is 68.1. The van der Waals surface area contributed by atoms with Gasteiger partial charge in [-0.3, -0.25) is 0 Å². The molecule has 0 fully saturated rings. The van der Waals surface area contributed by atoms with E-state index in [1.807, 2.05) is 0 Å². The van der Waals surface area contributed by atoms with Crippen molar-refractivity contribution in [2.24, 2.45) is 0 Å². The molecule has 76 valence electrons. The molecule has 0 aliphatic rings. The van der Waals surface area contributed by atoms with Crippen molar-refractivity contribution in [3.63, 3.8) is 0 Å². The third-order valence-electron chi connectivity index (χ3n) is 0.268. The fourth-order valence-corrected chi connectivity index (χ4v) is 0.123. The minimum atomic E-state index is -1.21. The largest absolute Gasteiger partial charge is 0.505 e. The summed E-state index contributed by atoms with van der Waals surface area (Å²) in [5.41, 5.74) is 0. The number of ether oxygens (including phenoxy) is 1. The number of rotatable bonds is 1. The quantitative estimate of drug-likeness (QED) is 0.705. The molecular weight excluding hydrogens is 214 g/mol. The van der Waals surface area contributed by atoms with Gasteiger partial charge in [-0.05, 0) is 6.92 Å². The number of hydrogen-bond acceptors (Lipinski definition) is 2. The standard InChI is InChI=1S/C3H6O3.2CH4.3ClH/c1-2-6-3(4)5;;;;;/h2H2,1H3,(H,4,5);2*1H4;3*1H. The van der Waals surface area contributed by atoms with Gasteiger partial charge >= 0.3 is 6.16 Å². The highest BCUT2D eigenvalue weighted by Gasteiger charge is 1.86. The van der Waals surface area contributed by atoms with Gasteiger partial charge in [0.2, 0.25) is 0 Å². The molecule has 0 saturated heterocycles. The molecule has 0 aromatic rings. The Morgan fingerprint density at radius 3 is 1.55 bits per heavy atom. The lowest BCUT2D eigenvalue weighted by Gasteiger charge is -1.87. The van der Waals surface area contributed by atoms with E-state index in [1.165, 1.54) is 0 Å². The Morgan fingerprint density at radius 1 is 1.27 bits per heavy atom. The fraction of sp³-hybridized carbons (Fsp3) is 0.800. The molecule has 1 N–H and O–H groups in total. The van der Waals surface area contributed by atoms with Gasteiger partial charge in [0, 0.05) is 0 Å². The summed E-state index contributed by atoms with van der Waals surface area (Å²) in [6.45, 7) is 1.85. The van der Waals surface area contributed by atoms with E-state index in [9.17, 15) is 4.79 Å². The number of hydrogen-bond donors (Lipinski definition) is 1. The zero-order valence-electron chi connectivity index (χ0n) is 4.70. The van der Waals surface area contributed by atoms with Crippen LogP contribution in [0.5, 0.6) is 0 Å². The highest BCUT2D eigenvalue weighted by atomic mass is 35.5. The Labute approximate surface area is 86.7 Å². The number of carboxylic acid groups (broad SMARTS) is 1. The number of carbonyl (C=O) groups is 1. The summed E-state index contributed by atoms with van der Waals surface area (Å²) >= 11 is 0. The van der Waals surface area contributed by atoms with Crippen LogP contribution in [0.4, 0.5) is 4.79 Å². The first-order valence-electron chi connectivity index (χ1n) is 1.63. The van der Waals surface area contributed by atoms with Gasteiger partial charge in [-0.2, -0.15) is 0 Å². The summed E-state index contributed by atoms with van der Waals surface area (Å²) in [5, 5.41) is 7.69. The van der Waals surface area contributed by atoms with E-state index in [0.717, 1.165) is 0 Å². The molecule has 3 nitrogen and oxygen atoms in total. The maximum atomic E-state index is 9.38. The van der Waals surface area contributed by atoms with E-state index in [0.29, 0.717) is 0 Å². The summed E-state index contributed by atoms with van der Waals surface area (Å²) in [7, 11) is 0. The first-order valence-corrected chi connectivity index (χ1v) is 1.63. The average molecular weight is 232 g/mol. The van der Waals surface area contributed by atoms with E-state index in [4.69, 9.17) is 5.11 Å². The molecule has 0 saturated carbocycles. The molecule has 0 aliphatic carbocycles. The molecule has 0 bridgehead atoms. The van der Waals surface area contributed by atoms with E-state index in [2.05, 4.69) is 4.74 Å². The van der Waals surface area contributed by atoms with Gasteiger partial charge in [0.25, 0.3) is 0 Å². The van der Waals surface area contributed by atoms with Crippen molar-refractivity contribution in [3.8, 4) is 0 Å². The second kappa shape index (κ2) is 32.1. The average Bonchev–Trinajstić information content (AvgIpc) is 1.35. The smallest absolute Gasteiger partial charge is 0.450 e. The van der Waals surface area contributed by atoms with Crippen LogP contribution in [-0.4, -0.2) is 17.9 Å². The van der Waals surface area contributed by atoms with Crippen molar-refractivity contribution >= 4 is 43.4 Å². The van der Waals surface area contributed by atoms with Crippen LogP contribution in [0.1, 0.15) is 21.8 Å². The van der Waals surface area contributed by atoms with Crippen LogP contribution in [0.25, 0.3) is 0 Å². The van der Waals surface area contributed by atoms with Gasteiger partial charge < -0.3 is 9.84 Å². The van der Waals surface area contributed by atoms with Crippen LogP contribution in [0.3, 0.4) is 0 Å². The molecule has 0 amide bonds. The minimum Gasteiger partial charge on any atom is -0.450 e. The lowest BCUT2D eigenvalue weighted by molar-refractivity contribution is 0.0966. The second-order valence-electron chi connectivity index (χ2n) is 0.699. The molecule has 11 heavy (non-hydrogen) atoms. The maximum absolute atomic E-state index is 9.38. The van der Waals surface area contributed by atoms with Gasteiger partial charge in [0.15, 0.2) is 0 Å². The molecule has 6 heteroatoms. The van der Waals surface area contributed by atoms with Gasteiger partial charge in [-0.25, -0.2) is 4.79 Å². The van der Waals surface area contributed by atoms with Crippen molar-refractivity contribution in [2.75, 3.05) is 6.61 Å². The molecule has 0 rings (SSSR count). The lowest BCUT2D eigenvalue weighted by Crippen LogP contribution is -1.97. The molecule has 0 aromatic heterocycles. The monoisotopic (exact) mass is 230 g/mol. The predicted octanol–water partition coefficient (Wildman–Crippen LogP) is 3.24. The Balaban J connectivity index is -0.0000000125. The molecule has 0 spiro atoms. The molecular formula is C5H17Cl3O3. The summed E-state index contributed by atoms with van der Waals surface area (Å²) in [4.78, 5) is 9.38. The van der Waals surface area contributed by atoms with Crippen molar-refractivity contribution in [1.29, 1.82) is 0 Å². The maximum Gasteiger partial charge on any atom is 0.505 e. The molecule has 0 radical (unpaired) electrons. The van der Waals surface area contributed by atoms with E-state index in [1.54, 1.807) is 6.92 Å². The summed E-state index contributed by atoms with van der Waals surface area (Å²) in [6.07, 6.45) is -1.21. The summed E-state index contributed by atoms with van der Waals surface area (Å²) < 4.78 is 3.96. The third-order valence-corrected chi connectivity index (χ3v) is 0.268. The van der Waals surface area contributed by atoms with E-state index in [-0.39, 0.29) is 58.7 Å². The highest BCUT2D eigenvalue weighted by Crippen LogP contribution is 1.69. The SMILES string of the molecule is C.C.CCOC(=O)O.Cl.Cl.Cl. The summed E-state index contributed by atoms with van der Waals surface area (Å²) in [5.74, 6) is 0. The van der Waals surface area contributed by atoms with Crippen LogP contribution >= 0.6 is 37.2 Å². The normalized spacial score (nSPS) is 4.09. The predicted molar refractivity (Wildman–Crippen MR) is 54.9 cm³/mol. The number of halogens is 3. The Hall–Kier alpha value is 0.140. The zero-order chi connectivity index (χ0) is 4.99. The summed E-state index contributed by atoms with van der Waals surface area (Å²) in [6, 6.07) is 0. The van der Waals surface area contributed by atoms with E-state index < -0.39 is 6.16 Å². The topological polar surface area (TPSA) is 46.5 Å². The molecule has 0 aliphatic heterocycles. The van der Waals surface area contributed by atoms with Crippen molar-refractivity contribution in [3.05, 3.63) is 0 Å². The Kier molecular flexibility index (Phi) is 126. The van der Waals surface area contributed by atoms with E-state index >= 15 is 0 Å². The molecule has 0 atom stereocenters. The Morgan fingerprint density at radius 2 is 1.55 bits per heavy atom. The molecule has 0 heterocycles. The fourth-order valence-electron chi connectivity index (χ4n) is 0.123. The first-order chi connectivity index (χ1) is 2.77. The lowest BCUT2D eigenvalue weighted by atomic mass is 10.9. The van der Waals surface area contributed by atoms with Crippen molar-refractivity contribution < 1.29 is 14.6 Å². The van der Waals surface area contributed by atoms with Gasteiger partial charge in [-0.1, -0.05) is 14.9 Å². The second-order valence-corrected chi connectivity index (χ2v) is 0.699. The first kappa shape index (κ1) is 43.4. The Bertz CT molecular complexity index is 60.9. The van der Waals surface area contributed by atoms with Gasteiger partial charge in [0.1, 0.15) is 0 Å². The van der Waals surface area contributed by atoms with Crippen LogP contribution in [0.2, 0.25) is 0 Å². The molecule has 0 unspecified atom stereocenters. The van der Waals surface area contributed by atoms with Crippen LogP contribution in [-0.2, 0) is 4.74 Å². The minimum absolute atomic E-state index is 0. The van der Waals surface area contributed by atoms with Gasteiger partial charge in [0.05, 0.1) is 6.61 Å². The van der Waals surface area contributed by atoms with Gasteiger partial charge in [-0.15, -0.1) is 37.2 Å². The van der Waals surface area contributed by atoms with Crippen molar-refractivity contribution in [1.82, 2.24) is 0 Å². The van der Waals surface area contributed by atoms with Crippen molar-refractivity contribution in [2.45, 2.75) is 21.8 Å². The van der Waals surface area contributed by atoms with Crippen LogP contribution in [0.15, 0.2) is 0 Å². The van der Waals surface area contributed by atoms with Crippen LogP contribution < -0.4 is 0 Å². The highest BCUT2D eigenvalue weighted by molar-refractivity contribution is 5.86. The zero-order valence-corrected chi connectivity index (χ0v) is 7.15. The molecule has 0 aromatic carbocycles. The van der Waals surface area contributed by atoms with Crippen LogP contribution in [0, 0.1) is 0 Å².